The standard InChI is InChI=1S/C21H18F3N7O.C18H13F3N6O2.C3H7N.CH3F/c22-21(23,24)12-5-11(9-25)6-15(7-12)28-18-8-16(27-13-1-2-13)19-26-10-17(31(19)30-18)20(32)29-14-3-4-14;19-18(20,21)10-3-9(7-22)4-12(5-10)25-15-6-13(24-11-1-2-11)16-23-8-14(17(28)29)27(16)26-15;4-3-1-2-3;1-2/h5-8,10,13-14,27H,1-4H2,(H,28,30)(H,29,32);3-6,8,11,24H,1-2H2,(H,25,26)(H,28,29);3H,1-2,4H2;1H3/i;;;1D. The summed E-state index contributed by atoms with van der Waals surface area (Å²) in [7, 11) is -1.00. The molecular formula is C43H41F7N14O3. The van der Waals surface area contributed by atoms with Crippen LogP contribution in [0.1, 0.15) is 96.0 Å². The van der Waals surface area contributed by atoms with Crippen molar-refractivity contribution >= 4 is 57.6 Å². The maximum absolute atomic E-state index is 13.2. The molecular weight excluding hydrogens is 894 g/mol. The third-order valence-corrected chi connectivity index (χ3v) is 10.1. The van der Waals surface area contributed by atoms with Crippen LogP contribution >= 0.6 is 0 Å². The Morgan fingerprint density at radius 1 is 0.701 bits per heavy atom. The molecule has 4 aromatic heterocycles. The molecule has 2 aromatic carbocycles. The maximum atomic E-state index is 13.2. The number of alkyl halides is 7. The molecule has 4 heterocycles. The first-order chi connectivity index (χ1) is 32.3. The zero-order valence-electron chi connectivity index (χ0n) is 36.0. The SMILES string of the molecule is N#Cc1cc(Nc2cc(NC3CC3)c3ncc(C(=O)NC4CC4)n3n2)cc(C(F)(F)F)c1.N#Cc1cc(Nc2cc(NC3CC3)c3ncc(C(=O)O)n3n2)cc(C(F)(F)F)c1.NC1CC1.[2H]CF. The Morgan fingerprint density at radius 2 is 1.10 bits per heavy atom. The number of hydrogen-bond acceptors (Lipinski definition) is 13. The lowest BCUT2D eigenvalue weighted by Gasteiger charge is -2.14. The molecule has 0 bridgehead atoms. The Hall–Kier alpha value is -7.73. The monoisotopic (exact) mass is 935 g/mol. The van der Waals surface area contributed by atoms with E-state index in [0.29, 0.717) is 28.7 Å². The molecule has 0 radical (unpaired) electrons. The number of carbonyl (C=O) groups is 2. The number of carboxylic acids is 1. The molecule has 0 unspecified atom stereocenters. The van der Waals surface area contributed by atoms with Gasteiger partial charge in [0.2, 0.25) is 0 Å². The Kier molecular flexibility index (Phi) is 13.3. The number of benzene rings is 2. The van der Waals surface area contributed by atoms with Crippen molar-refractivity contribution in [2.45, 2.75) is 87.9 Å². The van der Waals surface area contributed by atoms with E-state index in [1.54, 1.807) is 24.3 Å². The van der Waals surface area contributed by atoms with Crippen LogP contribution in [0.25, 0.3) is 11.3 Å². The highest BCUT2D eigenvalue weighted by atomic mass is 19.4. The average Bonchev–Trinajstić information content (AvgIpc) is 4.07. The molecule has 17 nitrogen and oxygen atoms in total. The Bertz CT molecular complexity index is 2910. The summed E-state index contributed by atoms with van der Waals surface area (Å²) in [4.78, 5) is 32.4. The van der Waals surface area contributed by atoms with Gasteiger partial charge in [-0.15, -0.1) is 10.2 Å². The largest absolute Gasteiger partial charge is 0.476 e. The van der Waals surface area contributed by atoms with Gasteiger partial charge >= 0.3 is 18.3 Å². The summed E-state index contributed by atoms with van der Waals surface area (Å²) in [5.74, 6) is -1.25. The zero-order valence-corrected chi connectivity index (χ0v) is 35.0. The molecule has 67 heavy (non-hydrogen) atoms. The molecule has 6 aromatic rings. The highest BCUT2D eigenvalue weighted by Gasteiger charge is 2.33. The lowest BCUT2D eigenvalue weighted by molar-refractivity contribution is -0.138. The number of nitrogens with two attached hydrogens (primary N) is 1. The van der Waals surface area contributed by atoms with Gasteiger partial charge in [0.25, 0.3) is 5.91 Å². The number of rotatable bonds is 11. The van der Waals surface area contributed by atoms with Crippen molar-refractivity contribution in [1.82, 2.24) is 34.5 Å². The lowest BCUT2D eigenvalue weighted by atomic mass is 10.1. The number of nitriles is 2. The van der Waals surface area contributed by atoms with Gasteiger partial charge in [0.1, 0.15) is 0 Å². The number of fused-ring (bicyclic) bond motifs is 2. The highest BCUT2D eigenvalue weighted by Crippen LogP contribution is 2.36. The number of halogens is 7. The smallest absolute Gasteiger partial charge is 0.416 e. The molecule has 0 saturated heterocycles. The van der Waals surface area contributed by atoms with Gasteiger partial charge < -0.3 is 37.4 Å². The summed E-state index contributed by atoms with van der Waals surface area (Å²) >= 11 is 0. The predicted octanol–water partition coefficient (Wildman–Crippen LogP) is 8.16. The van der Waals surface area contributed by atoms with Crippen molar-refractivity contribution in [3.05, 3.63) is 94.6 Å². The van der Waals surface area contributed by atoms with Crippen LogP contribution < -0.4 is 32.3 Å². The number of hydrogen-bond donors (Lipinski definition) is 7. The Morgan fingerprint density at radius 3 is 1.46 bits per heavy atom. The quantitative estimate of drug-likeness (QED) is 0.0606. The number of carboxylic acid groups (broad SMARTS) is 1. The first-order valence-corrected chi connectivity index (χ1v) is 20.6. The van der Waals surface area contributed by atoms with E-state index in [9.17, 15) is 45.4 Å². The number of imidazole rings is 2. The van der Waals surface area contributed by atoms with Crippen LogP contribution in [0.4, 0.5) is 65.1 Å². The normalized spacial score (nSPS) is 15.5. The number of aromatic carboxylic acids is 1. The van der Waals surface area contributed by atoms with E-state index in [-0.39, 0.29) is 69.6 Å². The van der Waals surface area contributed by atoms with Crippen LogP contribution in [-0.2, 0) is 12.4 Å². The minimum Gasteiger partial charge on any atom is -0.476 e. The molecule has 0 spiro atoms. The molecule has 4 aliphatic rings. The van der Waals surface area contributed by atoms with Gasteiger partial charge in [-0.05, 0) is 87.8 Å². The minimum absolute atomic E-state index is 0.00223. The molecule has 1 amide bonds. The van der Waals surface area contributed by atoms with E-state index < -0.39 is 36.6 Å². The number of carbonyl (C=O) groups excluding carboxylic acids is 1. The molecule has 24 heteroatoms. The molecule has 8 N–H and O–H groups in total. The fourth-order valence-corrected chi connectivity index (χ4v) is 6.20. The second kappa shape index (κ2) is 19.4. The van der Waals surface area contributed by atoms with Crippen molar-refractivity contribution in [2.24, 2.45) is 5.73 Å². The van der Waals surface area contributed by atoms with E-state index in [1.807, 2.05) is 0 Å². The fraction of sp³-hybridized carbons (Fsp3) is 0.349. The summed E-state index contributed by atoms with van der Waals surface area (Å²) in [6.07, 6.45) is 1.62. The molecule has 4 fully saturated rings. The summed E-state index contributed by atoms with van der Waals surface area (Å²) in [5, 5.41) is 51.0. The van der Waals surface area contributed by atoms with Crippen molar-refractivity contribution < 1.29 is 46.8 Å². The van der Waals surface area contributed by atoms with Crippen LogP contribution in [0.15, 0.2) is 60.9 Å². The number of anilines is 6. The van der Waals surface area contributed by atoms with Gasteiger partial charge in [-0.2, -0.15) is 36.9 Å². The van der Waals surface area contributed by atoms with Crippen LogP contribution in [0, 0.1) is 22.7 Å². The van der Waals surface area contributed by atoms with Crippen molar-refractivity contribution in [2.75, 3.05) is 28.4 Å². The Balaban J connectivity index is 0.000000177. The van der Waals surface area contributed by atoms with Crippen LogP contribution in [0.2, 0.25) is 0 Å². The second-order valence-corrected chi connectivity index (χ2v) is 15.9. The molecule has 0 aliphatic heterocycles. The van der Waals surface area contributed by atoms with E-state index in [2.05, 4.69) is 46.7 Å². The van der Waals surface area contributed by atoms with E-state index >= 15 is 0 Å². The summed E-state index contributed by atoms with van der Waals surface area (Å²) in [6.45, 7) is 0. The summed E-state index contributed by atoms with van der Waals surface area (Å²) < 4.78 is 97.0. The lowest BCUT2D eigenvalue weighted by Crippen LogP contribution is -2.27. The molecule has 0 atom stereocenters. The predicted molar refractivity (Wildman–Crippen MR) is 230 cm³/mol. The second-order valence-electron chi connectivity index (χ2n) is 15.9. The minimum atomic E-state index is -4.62. The average molecular weight is 936 g/mol. The third-order valence-electron chi connectivity index (χ3n) is 10.1. The van der Waals surface area contributed by atoms with Gasteiger partial charge in [0, 0.05) is 47.7 Å². The van der Waals surface area contributed by atoms with E-state index in [4.69, 9.17) is 17.6 Å². The van der Waals surface area contributed by atoms with Gasteiger partial charge in [-0.3, -0.25) is 9.18 Å². The van der Waals surface area contributed by atoms with Crippen LogP contribution in [0.5, 0.6) is 0 Å². The number of nitrogens with zero attached hydrogens (tertiary/aromatic N) is 8. The molecule has 10 rings (SSSR count). The third kappa shape index (κ3) is 12.3. The van der Waals surface area contributed by atoms with Gasteiger partial charge in [0.05, 0.1) is 66.7 Å². The number of aromatic nitrogens is 6. The van der Waals surface area contributed by atoms with Crippen molar-refractivity contribution in [3.8, 4) is 12.1 Å². The fourth-order valence-electron chi connectivity index (χ4n) is 6.20. The topological polar surface area (TPSA) is 248 Å². The first kappa shape index (κ1) is 45.8. The van der Waals surface area contributed by atoms with Crippen LogP contribution in [-0.4, -0.2) is 77.5 Å². The van der Waals surface area contributed by atoms with Gasteiger partial charge in [-0.1, -0.05) is 0 Å². The Labute approximate surface area is 377 Å². The molecule has 4 aliphatic carbocycles. The van der Waals surface area contributed by atoms with Gasteiger partial charge in [0.15, 0.2) is 34.3 Å². The number of amides is 1. The first-order valence-electron chi connectivity index (χ1n) is 21.3. The van der Waals surface area contributed by atoms with E-state index in [1.165, 1.54) is 35.7 Å². The molecule has 350 valence electrons. The molecule has 4 saturated carbocycles. The highest BCUT2D eigenvalue weighted by molar-refractivity contribution is 5.94. The summed E-state index contributed by atoms with van der Waals surface area (Å²) in [6, 6.07) is 13.7. The number of nitrogens with one attached hydrogen (secondary N) is 5. The van der Waals surface area contributed by atoms with Crippen molar-refractivity contribution in [3.63, 3.8) is 0 Å². The van der Waals surface area contributed by atoms with Crippen LogP contribution in [0.3, 0.4) is 0 Å². The maximum Gasteiger partial charge on any atom is 0.416 e. The van der Waals surface area contributed by atoms with E-state index in [0.717, 1.165) is 73.5 Å². The van der Waals surface area contributed by atoms with Crippen molar-refractivity contribution in [1.29, 1.82) is 10.5 Å². The van der Waals surface area contributed by atoms with Gasteiger partial charge in [-0.25, -0.2) is 23.8 Å². The summed E-state index contributed by atoms with van der Waals surface area (Å²) in [5.41, 5.74) is 4.96. The zero-order chi connectivity index (χ0) is 48.9.